The SMILES string of the molecule is C=C1CCC[C@]2(C)c3cc(OC)c(CN4C[C@H](C)O[C@@H](C)C4)cc3CC[C@@H]12. The quantitative estimate of drug-likeness (QED) is 0.710. The van der Waals surface area contributed by atoms with Gasteiger partial charge in [0.2, 0.25) is 0 Å². The molecule has 0 spiro atoms. The van der Waals surface area contributed by atoms with Gasteiger partial charge in [0.15, 0.2) is 0 Å². The first-order valence-corrected chi connectivity index (χ1v) is 10.7. The van der Waals surface area contributed by atoms with Gasteiger partial charge in [-0.05, 0) is 74.5 Å². The van der Waals surface area contributed by atoms with E-state index in [9.17, 15) is 0 Å². The number of hydrogen-bond donors (Lipinski definition) is 0. The molecular weight excluding hydrogens is 334 g/mol. The molecule has 0 radical (unpaired) electrons. The largest absolute Gasteiger partial charge is 0.496 e. The molecule has 0 N–H and O–H groups in total. The van der Waals surface area contributed by atoms with Crippen molar-refractivity contribution < 1.29 is 9.47 Å². The van der Waals surface area contributed by atoms with Gasteiger partial charge in [-0.1, -0.05) is 25.1 Å². The molecule has 148 valence electrons. The molecule has 4 atom stereocenters. The number of hydrogen-bond acceptors (Lipinski definition) is 3. The zero-order valence-electron chi connectivity index (χ0n) is 17.5. The maximum Gasteiger partial charge on any atom is 0.123 e. The summed E-state index contributed by atoms with van der Waals surface area (Å²) in [5, 5.41) is 0. The van der Waals surface area contributed by atoms with Crippen LogP contribution in [0.25, 0.3) is 0 Å². The second-order valence-electron chi connectivity index (χ2n) is 9.29. The summed E-state index contributed by atoms with van der Waals surface area (Å²) in [7, 11) is 1.82. The maximum absolute atomic E-state index is 5.90. The second-order valence-corrected chi connectivity index (χ2v) is 9.29. The van der Waals surface area contributed by atoms with Crippen molar-refractivity contribution in [3.8, 4) is 5.75 Å². The summed E-state index contributed by atoms with van der Waals surface area (Å²) in [4.78, 5) is 2.51. The molecule has 1 aromatic rings. The highest BCUT2D eigenvalue weighted by Crippen LogP contribution is 2.52. The molecule has 3 nitrogen and oxygen atoms in total. The summed E-state index contributed by atoms with van der Waals surface area (Å²) in [5.41, 5.74) is 6.08. The van der Waals surface area contributed by atoms with E-state index < -0.39 is 0 Å². The molecule has 0 amide bonds. The molecule has 3 aliphatic rings. The number of aryl methyl sites for hydroxylation is 1. The Morgan fingerprint density at radius 2 is 1.96 bits per heavy atom. The van der Waals surface area contributed by atoms with E-state index in [-0.39, 0.29) is 5.41 Å². The van der Waals surface area contributed by atoms with Crippen molar-refractivity contribution in [3.05, 3.63) is 41.0 Å². The number of nitrogens with zero attached hydrogens (tertiary/aromatic N) is 1. The summed E-state index contributed by atoms with van der Waals surface area (Å²) in [6.07, 6.45) is 6.75. The molecule has 1 saturated carbocycles. The minimum absolute atomic E-state index is 0.233. The molecule has 0 aromatic heterocycles. The van der Waals surface area contributed by atoms with Crippen LogP contribution in [0.15, 0.2) is 24.3 Å². The van der Waals surface area contributed by atoms with Crippen LogP contribution in [-0.4, -0.2) is 37.3 Å². The number of morpholine rings is 1. The highest BCUT2D eigenvalue weighted by atomic mass is 16.5. The predicted octanol–water partition coefficient (Wildman–Crippen LogP) is 4.86. The summed E-state index contributed by atoms with van der Waals surface area (Å²) >= 11 is 0. The van der Waals surface area contributed by atoms with Gasteiger partial charge >= 0.3 is 0 Å². The van der Waals surface area contributed by atoms with E-state index in [4.69, 9.17) is 9.47 Å². The Morgan fingerprint density at radius 3 is 2.67 bits per heavy atom. The lowest BCUT2D eigenvalue weighted by atomic mass is 9.57. The van der Waals surface area contributed by atoms with Crippen LogP contribution in [0.2, 0.25) is 0 Å². The monoisotopic (exact) mass is 369 g/mol. The number of ether oxygens (including phenoxy) is 2. The minimum atomic E-state index is 0.233. The van der Waals surface area contributed by atoms with Crippen LogP contribution in [0.4, 0.5) is 0 Å². The fourth-order valence-electron chi connectivity index (χ4n) is 6.01. The van der Waals surface area contributed by atoms with Crippen molar-refractivity contribution in [1.29, 1.82) is 0 Å². The van der Waals surface area contributed by atoms with E-state index in [2.05, 4.69) is 44.4 Å². The van der Waals surface area contributed by atoms with Crippen LogP contribution in [0.1, 0.15) is 63.1 Å². The van der Waals surface area contributed by atoms with Gasteiger partial charge in [0.25, 0.3) is 0 Å². The van der Waals surface area contributed by atoms with Crippen molar-refractivity contribution in [2.75, 3.05) is 20.2 Å². The Labute approximate surface area is 164 Å². The van der Waals surface area contributed by atoms with Gasteiger partial charge in [0.05, 0.1) is 19.3 Å². The van der Waals surface area contributed by atoms with Crippen molar-refractivity contribution >= 4 is 0 Å². The summed E-state index contributed by atoms with van der Waals surface area (Å²) in [6.45, 7) is 14.1. The van der Waals surface area contributed by atoms with Gasteiger partial charge < -0.3 is 9.47 Å². The average molecular weight is 370 g/mol. The number of methoxy groups -OCH3 is 1. The molecule has 2 fully saturated rings. The molecule has 3 heteroatoms. The van der Waals surface area contributed by atoms with Gasteiger partial charge in [-0.15, -0.1) is 0 Å². The number of fused-ring (bicyclic) bond motifs is 3. The van der Waals surface area contributed by atoms with Gasteiger partial charge in [-0.2, -0.15) is 0 Å². The van der Waals surface area contributed by atoms with E-state index in [0.29, 0.717) is 18.1 Å². The highest BCUT2D eigenvalue weighted by Gasteiger charge is 2.43. The third-order valence-corrected chi connectivity index (χ3v) is 7.17. The lowest BCUT2D eigenvalue weighted by Crippen LogP contribution is -2.45. The molecule has 1 saturated heterocycles. The fraction of sp³-hybridized carbons (Fsp3) is 0.667. The molecule has 1 heterocycles. The molecule has 1 aromatic carbocycles. The van der Waals surface area contributed by atoms with Crippen LogP contribution in [0, 0.1) is 5.92 Å². The van der Waals surface area contributed by atoms with E-state index in [1.807, 2.05) is 7.11 Å². The first-order chi connectivity index (χ1) is 12.9. The third-order valence-electron chi connectivity index (χ3n) is 7.17. The number of allylic oxidation sites excluding steroid dienone is 1. The van der Waals surface area contributed by atoms with Crippen molar-refractivity contribution in [2.24, 2.45) is 5.92 Å². The molecule has 0 bridgehead atoms. The summed E-state index contributed by atoms with van der Waals surface area (Å²) < 4.78 is 11.8. The standard InChI is InChI=1S/C24H35NO2/c1-16-7-6-10-24(4)21(16)9-8-19-11-20(23(26-5)12-22(19)24)15-25-13-17(2)27-18(3)14-25/h11-12,17-18,21H,1,6-10,13-15H2,2-5H3/t17-,18-,21-,24-/m0/s1. The zero-order valence-corrected chi connectivity index (χ0v) is 17.5. The number of rotatable bonds is 3. The molecule has 2 aliphatic carbocycles. The lowest BCUT2D eigenvalue weighted by molar-refractivity contribution is -0.0706. The molecule has 0 unspecified atom stereocenters. The fourth-order valence-corrected chi connectivity index (χ4v) is 6.01. The average Bonchev–Trinajstić information content (AvgIpc) is 2.60. The van der Waals surface area contributed by atoms with Crippen molar-refractivity contribution in [1.82, 2.24) is 4.90 Å². The lowest BCUT2D eigenvalue weighted by Gasteiger charge is -2.48. The van der Waals surface area contributed by atoms with Crippen LogP contribution in [0.3, 0.4) is 0 Å². The maximum atomic E-state index is 5.90. The highest BCUT2D eigenvalue weighted by molar-refractivity contribution is 5.49. The van der Waals surface area contributed by atoms with Crippen LogP contribution in [-0.2, 0) is 23.1 Å². The van der Waals surface area contributed by atoms with E-state index >= 15 is 0 Å². The summed E-state index contributed by atoms with van der Waals surface area (Å²) in [6, 6.07) is 4.81. The Morgan fingerprint density at radius 1 is 1.22 bits per heavy atom. The predicted molar refractivity (Wildman–Crippen MR) is 110 cm³/mol. The first-order valence-electron chi connectivity index (χ1n) is 10.7. The van der Waals surface area contributed by atoms with Crippen molar-refractivity contribution in [3.63, 3.8) is 0 Å². The van der Waals surface area contributed by atoms with E-state index in [0.717, 1.165) is 25.4 Å². The van der Waals surface area contributed by atoms with Crippen molar-refractivity contribution in [2.45, 2.75) is 77.0 Å². The Hall–Kier alpha value is -1.32. The third kappa shape index (κ3) is 3.45. The zero-order chi connectivity index (χ0) is 19.2. The topological polar surface area (TPSA) is 21.7 Å². The van der Waals surface area contributed by atoms with Crippen LogP contribution in [0.5, 0.6) is 5.75 Å². The molecule has 27 heavy (non-hydrogen) atoms. The normalized spacial score (nSPS) is 34.1. The van der Waals surface area contributed by atoms with E-state index in [1.165, 1.54) is 54.4 Å². The first kappa shape index (κ1) is 19.0. The van der Waals surface area contributed by atoms with Gasteiger partial charge in [-0.25, -0.2) is 0 Å². The van der Waals surface area contributed by atoms with Gasteiger partial charge in [-0.3, -0.25) is 4.90 Å². The summed E-state index contributed by atoms with van der Waals surface area (Å²) in [5.74, 6) is 1.69. The van der Waals surface area contributed by atoms with Gasteiger partial charge in [0, 0.05) is 25.2 Å². The Balaban J connectivity index is 1.65. The molecular formula is C24H35NO2. The Bertz CT molecular complexity index is 717. The van der Waals surface area contributed by atoms with Crippen LogP contribution >= 0.6 is 0 Å². The molecule has 4 rings (SSSR count). The Kier molecular flexibility index (Phi) is 5.11. The molecule has 1 aliphatic heterocycles. The van der Waals surface area contributed by atoms with E-state index in [1.54, 1.807) is 0 Å². The smallest absolute Gasteiger partial charge is 0.123 e. The van der Waals surface area contributed by atoms with Crippen LogP contribution < -0.4 is 4.74 Å². The van der Waals surface area contributed by atoms with Gasteiger partial charge in [0.1, 0.15) is 5.75 Å². The second kappa shape index (κ2) is 7.25. The minimum Gasteiger partial charge on any atom is -0.496 e. The number of benzene rings is 1.